The summed E-state index contributed by atoms with van der Waals surface area (Å²) >= 11 is 3.46. The second-order valence-electron chi connectivity index (χ2n) is 11.8. The van der Waals surface area contributed by atoms with E-state index in [0.29, 0.717) is 18.5 Å². The molecule has 3 aromatic carbocycles. The first kappa shape index (κ1) is 33.3. The molecule has 0 heterocycles. The number of rotatable bonds is 12. The summed E-state index contributed by atoms with van der Waals surface area (Å²) in [5, 5.41) is 3.07. The lowest BCUT2D eigenvalue weighted by Crippen LogP contribution is -2.54. The van der Waals surface area contributed by atoms with Crippen molar-refractivity contribution >= 4 is 43.5 Å². The van der Waals surface area contributed by atoms with Crippen LogP contribution in [0.25, 0.3) is 0 Å². The maximum absolute atomic E-state index is 14.0. The summed E-state index contributed by atoms with van der Waals surface area (Å²) in [6, 6.07) is 22.1. The number of hydrogen-bond donors (Lipinski definition) is 1. The van der Waals surface area contributed by atoms with Gasteiger partial charge in [0, 0.05) is 35.9 Å². The zero-order valence-electron chi connectivity index (χ0n) is 25.4. The summed E-state index contributed by atoms with van der Waals surface area (Å²) in [5.74, 6) is -0.442. The fourth-order valence-corrected chi connectivity index (χ4v) is 6.06. The van der Waals surface area contributed by atoms with Gasteiger partial charge in [0.1, 0.15) is 6.04 Å². The van der Waals surface area contributed by atoms with Crippen molar-refractivity contribution in [1.29, 1.82) is 0 Å². The number of carbonyl (C=O) groups is 2. The molecule has 0 spiro atoms. The number of sulfonamides is 1. The third kappa shape index (κ3) is 9.70. The maximum atomic E-state index is 14.0. The molecule has 0 bridgehead atoms. The van der Waals surface area contributed by atoms with Gasteiger partial charge in [-0.1, -0.05) is 70.5 Å². The zero-order chi connectivity index (χ0) is 31.1. The lowest BCUT2D eigenvalue weighted by atomic mass is 10.00. The van der Waals surface area contributed by atoms with Gasteiger partial charge in [0.2, 0.25) is 21.8 Å². The minimum absolute atomic E-state index is 0.0848. The lowest BCUT2D eigenvalue weighted by molar-refractivity contribution is -0.142. The van der Waals surface area contributed by atoms with Gasteiger partial charge in [-0.25, -0.2) is 8.42 Å². The van der Waals surface area contributed by atoms with Crippen LogP contribution in [0.5, 0.6) is 0 Å². The number of benzene rings is 3. The molecular formula is C33H42BrN3O4S. The minimum Gasteiger partial charge on any atom is -0.350 e. The summed E-state index contributed by atoms with van der Waals surface area (Å²) in [4.78, 5) is 29.3. The number of aryl methyl sites for hydroxylation is 1. The third-order valence-corrected chi connectivity index (χ3v) is 8.74. The number of amides is 2. The molecule has 1 N–H and O–H groups in total. The Morgan fingerprint density at radius 1 is 0.905 bits per heavy atom. The molecule has 3 aromatic rings. The van der Waals surface area contributed by atoms with Crippen LogP contribution in [0.15, 0.2) is 77.3 Å². The number of hydrogen-bond acceptors (Lipinski definition) is 4. The van der Waals surface area contributed by atoms with Gasteiger partial charge in [-0.2, -0.15) is 0 Å². The van der Waals surface area contributed by atoms with E-state index in [-0.39, 0.29) is 31.3 Å². The van der Waals surface area contributed by atoms with Crippen LogP contribution < -0.4 is 9.62 Å². The van der Waals surface area contributed by atoms with Gasteiger partial charge < -0.3 is 10.2 Å². The van der Waals surface area contributed by atoms with Gasteiger partial charge in [-0.3, -0.25) is 13.9 Å². The minimum atomic E-state index is -3.58. The van der Waals surface area contributed by atoms with Crippen LogP contribution in [-0.2, 0) is 32.6 Å². The van der Waals surface area contributed by atoms with Crippen LogP contribution in [0, 0.1) is 13.8 Å². The Kier molecular flexibility index (Phi) is 11.4. The van der Waals surface area contributed by atoms with E-state index >= 15 is 0 Å². The van der Waals surface area contributed by atoms with E-state index in [2.05, 4.69) is 21.2 Å². The van der Waals surface area contributed by atoms with Crippen molar-refractivity contribution in [2.75, 3.05) is 17.1 Å². The average Bonchev–Trinajstić information content (AvgIpc) is 2.90. The van der Waals surface area contributed by atoms with Gasteiger partial charge in [0.25, 0.3) is 0 Å². The highest BCUT2D eigenvalue weighted by molar-refractivity contribution is 9.10. The standard InChI is InChI=1S/C33H42BrN3O4S/c1-24-12-10-15-29(25(24)2)37(42(6,40)41)21-11-16-31(38)36(23-27-17-19-28(34)20-18-27)30(32(39)35-33(3,4)5)22-26-13-8-7-9-14-26/h7-10,12-15,17-20,30H,11,16,21-23H2,1-6H3,(H,35,39). The summed E-state index contributed by atoms with van der Waals surface area (Å²) in [6.07, 6.45) is 1.92. The van der Waals surface area contributed by atoms with Crippen molar-refractivity contribution in [3.63, 3.8) is 0 Å². The Bertz CT molecular complexity index is 1470. The average molecular weight is 657 g/mol. The fraction of sp³-hybridized carbons (Fsp3) is 0.394. The number of anilines is 1. The van der Waals surface area contributed by atoms with E-state index < -0.39 is 21.6 Å². The molecule has 0 radical (unpaired) electrons. The van der Waals surface area contributed by atoms with Crippen molar-refractivity contribution < 1.29 is 18.0 Å². The summed E-state index contributed by atoms with van der Waals surface area (Å²) in [5.41, 5.74) is 3.84. The number of carbonyl (C=O) groups excluding carboxylic acids is 2. The third-order valence-electron chi connectivity index (χ3n) is 7.03. The van der Waals surface area contributed by atoms with Crippen molar-refractivity contribution in [2.45, 2.75) is 72.0 Å². The van der Waals surface area contributed by atoms with E-state index in [0.717, 1.165) is 26.7 Å². The predicted molar refractivity (Wildman–Crippen MR) is 174 cm³/mol. The molecular weight excluding hydrogens is 614 g/mol. The highest BCUT2D eigenvalue weighted by atomic mass is 79.9. The quantitative estimate of drug-likeness (QED) is 0.253. The first-order valence-electron chi connectivity index (χ1n) is 14.1. The Balaban J connectivity index is 1.92. The highest BCUT2D eigenvalue weighted by Gasteiger charge is 2.32. The van der Waals surface area contributed by atoms with Crippen LogP contribution in [-0.4, -0.2) is 49.5 Å². The molecule has 2 amide bonds. The molecule has 0 aliphatic heterocycles. The van der Waals surface area contributed by atoms with Crippen LogP contribution in [0.1, 0.15) is 55.9 Å². The van der Waals surface area contributed by atoms with E-state index in [9.17, 15) is 18.0 Å². The second kappa shape index (κ2) is 14.3. The SMILES string of the molecule is Cc1cccc(N(CCCC(=O)N(Cc2ccc(Br)cc2)C(Cc2ccccc2)C(=O)NC(C)(C)C)S(C)(=O)=O)c1C. The predicted octanol–water partition coefficient (Wildman–Crippen LogP) is 6.17. The molecule has 0 aromatic heterocycles. The Hall–Kier alpha value is -3.17. The molecule has 0 saturated heterocycles. The fourth-order valence-electron chi connectivity index (χ4n) is 4.78. The highest BCUT2D eigenvalue weighted by Crippen LogP contribution is 2.26. The second-order valence-corrected chi connectivity index (χ2v) is 14.6. The molecule has 1 atom stereocenters. The zero-order valence-corrected chi connectivity index (χ0v) is 27.8. The maximum Gasteiger partial charge on any atom is 0.243 e. The number of nitrogens with one attached hydrogen (secondary N) is 1. The smallest absolute Gasteiger partial charge is 0.243 e. The normalized spacial score (nSPS) is 12.5. The Labute approximate surface area is 259 Å². The number of nitrogens with zero attached hydrogens (tertiary/aromatic N) is 2. The lowest BCUT2D eigenvalue weighted by Gasteiger charge is -2.34. The van der Waals surface area contributed by atoms with E-state index in [4.69, 9.17) is 0 Å². The molecule has 1 unspecified atom stereocenters. The van der Waals surface area contributed by atoms with Crippen molar-refractivity contribution in [3.05, 3.63) is 99.5 Å². The summed E-state index contributed by atoms with van der Waals surface area (Å²) in [6.45, 7) is 9.98. The Morgan fingerprint density at radius 3 is 2.14 bits per heavy atom. The van der Waals surface area contributed by atoms with E-state index in [1.54, 1.807) is 11.0 Å². The van der Waals surface area contributed by atoms with E-state index in [1.165, 1.54) is 10.6 Å². The summed E-state index contributed by atoms with van der Waals surface area (Å²) in [7, 11) is -3.58. The monoisotopic (exact) mass is 655 g/mol. The molecule has 9 heteroatoms. The molecule has 7 nitrogen and oxygen atoms in total. The van der Waals surface area contributed by atoms with Crippen molar-refractivity contribution in [1.82, 2.24) is 10.2 Å². The molecule has 0 aliphatic rings. The Morgan fingerprint density at radius 2 is 1.55 bits per heavy atom. The van der Waals surface area contributed by atoms with E-state index in [1.807, 2.05) is 101 Å². The molecule has 3 rings (SSSR count). The summed E-state index contributed by atoms with van der Waals surface area (Å²) < 4.78 is 27.9. The van der Waals surface area contributed by atoms with Crippen LogP contribution in [0.2, 0.25) is 0 Å². The topological polar surface area (TPSA) is 86.8 Å². The molecule has 42 heavy (non-hydrogen) atoms. The molecule has 0 aliphatic carbocycles. The first-order valence-corrected chi connectivity index (χ1v) is 16.7. The molecule has 0 fully saturated rings. The molecule has 0 saturated carbocycles. The van der Waals surface area contributed by atoms with Gasteiger partial charge in [-0.15, -0.1) is 0 Å². The van der Waals surface area contributed by atoms with Crippen LogP contribution in [0.4, 0.5) is 5.69 Å². The van der Waals surface area contributed by atoms with Gasteiger partial charge >= 0.3 is 0 Å². The van der Waals surface area contributed by atoms with Crippen LogP contribution in [0.3, 0.4) is 0 Å². The number of halogens is 1. The van der Waals surface area contributed by atoms with Gasteiger partial charge in [0.05, 0.1) is 11.9 Å². The van der Waals surface area contributed by atoms with Crippen LogP contribution >= 0.6 is 15.9 Å². The van der Waals surface area contributed by atoms with Crippen molar-refractivity contribution in [3.8, 4) is 0 Å². The van der Waals surface area contributed by atoms with Gasteiger partial charge in [0.15, 0.2) is 0 Å². The first-order chi connectivity index (χ1) is 19.7. The largest absolute Gasteiger partial charge is 0.350 e. The van der Waals surface area contributed by atoms with Gasteiger partial charge in [-0.05, 0) is 81.5 Å². The molecule has 226 valence electrons. The van der Waals surface area contributed by atoms with Crippen molar-refractivity contribution in [2.24, 2.45) is 0 Å².